The van der Waals surface area contributed by atoms with Crippen molar-refractivity contribution in [1.82, 2.24) is 14.5 Å². The van der Waals surface area contributed by atoms with E-state index >= 15 is 0 Å². The van der Waals surface area contributed by atoms with E-state index in [4.69, 9.17) is 11.6 Å². The number of aryl methyl sites for hydroxylation is 1. The molecule has 0 aliphatic rings. The van der Waals surface area contributed by atoms with Crippen LogP contribution in [-0.4, -0.2) is 38.9 Å². The van der Waals surface area contributed by atoms with Crippen LogP contribution in [0.2, 0.25) is 0 Å². The third-order valence-corrected chi connectivity index (χ3v) is 3.80. The summed E-state index contributed by atoms with van der Waals surface area (Å²) in [6.45, 7) is 6.55. The molecule has 4 nitrogen and oxygen atoms in total. The van der Waals surface area contributed by atoms with Gasteiger partial charge in [0.05, 0.1) is 5.69 Å². The van der Waals surface area contributed by atoms with E-state index in [1.165, 1.54) is 0 Å². The van der Waals surface area contributed by atoms with Gasteiger partial charge in [0.2, 0.25) is 0 Å². The predicted molar refractivity (Wildman–Crippen MR) is 70.8 cm³/mol. The molecule has 0 N–H and O–H groups in total. The maximum Gasteiger partial charge on any atom is 0.267 e. The van der Waals surface area contributed by atoms with Crippen LogP contribution in [0.15, 0.2) is 0 Å². The molecule has 0 atom stereocenters. The molecule has 96 valence electrons. The Morgan fingerprint density at radius 3 is 2.53 bits per heavy atom. The lowest BCUT2D eigenvalue weighted by Gasteiger charge is -2.29. The van der Waals surface area contributed by atoms with Crippen molar-refractivity contribution < 1.29 is 4.79 Å². The van der Waals surface area contributed by atoms with Crippen molar-refractivity contribution in [3.63, 3.8) is 0 Å². The summed E-state index contributed by atoms with van der Waals surface area (Å²) in [5.74, 6) is 0.458. The summed E-state index contributed by atoms with van der Waals surface area (Å²) < 4.78 is 3.81. The van der Waals surface area contributed by atoms with E-state index in [1.807, 2.05) is 11.8 Å². The molecule has 0 saturated heterocycles. The molecule has 1 rings (SSSR count). The number of carbonyl (C=O) groups is 1. The van der Waals surface area contributed by atoms with Gasteiger partial charge in [-0.1, -0.05) is 18.3 Å². The quantitative estimate of drug-likeness (QED) is 0.750. The summed E-state index contributed by atoms with van der Waals surface area (Å²) in [7, 11) is 0. The number of hydrogen-bond donors (Lipinski definition) is 0. The van der Waals surface area contributed by atoms with Gasteiger partial charge >= 0.3 is 0 Å². The fourth-order valence-corrected chi connectivity index (χ4v) is 2.62. The van der Waals surface area contributed by atoms with Gasteiger partial charge in [-0.15, -0.1) is 16.7 Å². The number of halogens is 1. The molecule has 0 bridgehead atoms. The smallest absolute Gasteiger partial charge is 0.267 e. The molecule has 6 heteroatoms. The Morgan fingerprint density at radius 1 is 1.47 bits per heavy atom. The zero-order valence-electron chi connectivity index (χ0n) is 10.4. The zero-order valence-corrected chi connectivity index (χ0v) is 12.0. The SMILES string of the molecule is CCC(CC)N(CCCl)C(=O)c1snnc1C. The molecular weight excluding hydrogens is 258 g/mol. The lowest BCUT2D eigenvalue weighted by Crippen LogP contribution is -2.41. The van der Waals surface area contributed by atoms with E-state index in [0.29, 0.717) is 23.0 Å². The van der Waals surface area contributed by atoms with Crippen LogP contribution in [0.1, 0.15) is 42.1 Å². The number of rotatable bonds is 6. The van der Waals surface area contributed by atoms with Crippen LogP contribution in [0.25, 0.3) is 0 Å². The van der Waals surface area contributed by atoms with Gasteiger partial charge in [0.1, 0.15) is 4.88 Å². The van der Waals surface area contributed by atoms with Gasteiger partial charge in [-0.3, -0.25) is 4.79 Å². The Labute approximate surface area is 111 Å². The highest BCUT2D eigenvalue weighted by molar-refractivity contribution is 7.07. The minimum absolute atomic E-state index is 0.00634. The van der Waals surface area contributed by atoms with Crippen LogP contribution in [0, 0.1) is 6.92 Å². The highest BCUT2D eigenvalue weighted by Gasteiger charge is 2.24. The van der Waals surface area contributed by atoms with Crippen molar-refractivity contribution in [3.05, 3.63) is 10.6 Å². The Hall–Kier alpha value is -0.680. The summed E-state index contributed by atoms with van der Waals surface area (Å²) in [6.07, 6.45) is 1.87. The van der Waals surface area contributed by atoms with E-state index in [0.717, 1.165) is 24.4 Å². The summed E-state index contributed by atoms with van der Waals surface area (Å²) in [6, 6.07) is 0.239. The number of aromatic nitrogens is 2. The standard InChI is InChI=1S/C11H18ClN3OS/c1-4-9(5-2)15(7-6-12)11(16)10-8(3)13-14-17-10/h9H,4-7H2,1-3H3. The Kier molecular flexibility index (Phi) is 5.85. The largest absolute Gasteiger partial charge is 0.334 e. The Bertz CT molecular complexity index is 365. The van der Waals surface area contributed by atoms with Crippen LogP contribution in [-0.2, 0) is 0 Å². The number of nitrogens with zero attached hydrogens (tertiary/aromatic N) is 3. The lowest BCUT2D eigenvalue weighted by molar-refractivity contribution is 0.0685. The molecule has 0 spiro atoms. The third-order valence-electron chi connectivity index (χ3n) is 2.82. The second kappa shape index (κ2) is 6.91. The number of hydrogen-bond acceptors (Lipinski definition) is 4. The Morgan fingerprint density at radius 2 is 2.12 bits per heavy atom. The molecule has 0 aromatic carbocycles. The molecule has 17 heavy (non-hydrogen) atoms. The van der Waals surface area contributed by atoms with Gasteiger partial charge in [-0.2, -0.15) is 0 Å². The molecule has 0 radical (unpaired) electrons. The van der Waals surface area contributed by atoms with Crippen molar-refractivity contribution in [1.29, 1.82) is 0 Å². The molecule has 0 aliphatic carbocycles. The van der Waals surface area contributed by atoms with Crippen molar-refractivity contribution in [3.8, 4) is 0 Å². The zero-order chi connectivity index (χ0) is 12.8. The summed E-state index contributed by atoms with van der Waals surface area (Å²) >= 11 is 6.93. The number of carbonyl (C=O) groups excluding carboxylic acids is 1. The summed E-state index contributed by atoms with van der Waals surface area (Å²) in [5.41, 5.74) is 0.700. The van der Waals surface area contributed by atoms with Crippen LogP contribution in [0.4, 0.5) is 0 Å². The fraction of sp³-hybridized carbons (Fsp3) is 0.727. The van der Waals surface area contributed by atoms with Crippen LogP contribution < -0.4 is 0 Å². The van der Waals surface area contributed by atoms with E-state index in [2.05, 4.69) is 23.4 Å². The normalized spacial score (nSPS) is 10.9. The van der Waals surface area contributed by atoms with Crippen LogP contribution in [0.5, 0.6) is 0 Å². The average Bonchev–Trinajstić information content (AvgIpc) is 2.75. The monoisotopic (exact) mass is 275 g/mol. The van der Waals surface area contributed by atoms with Crippen molar-refractivity contribution in [2.24, 2.45) is 0 Å². The van der Waals surface area contributed by atoms with E-state index < -0.39 is 0 Å². The molecule has 0 saturated carbocycles. The summed E-state index contributed by atoms with van der Waals surface area (Å²) in [4.78, 5) is 14.8. The Balaban J connectivity index is 2.91. The van der Waals surface area contributed by atoms with E-state index in [9.17, 15) is 4.79 Å². The topological polar surface area (TPSA) is 46.1 Å². The third kappa shape index (κ3) is 3.39. The molecule has 1 amide bonds. The van der Waals surface area contributed by atoms with Crippen molar-refractivity contribution in [2.45, 2.75) is 39.7 Å². The van der Waals surface area contributed by atoms with Gasteiger partial charge in [-0.25, -0.2) is 0 Å². The second-order valence-electron chi connectivity index (χ2n) is 3.85. The van der Waals surface area contributed by atoms with Crippen molar-refractivity contribution >= 4 is 29.0 Å². The molecule has 1 heterocycles. The van der Waals surface area contributed by atoms with Gasteiger partial charge in [0.15, 0.2) is 0 Å². The molecule has 1 aromatic rings. The maximum atomic E-state index is 12.4. The first kappa shape index (κ1) is 14.4. The van der Waals surface area contributed by atoms with Gasteiger partial charge in [0.25, 0.3) is 5.91 Å². The van der Waals surface area contributed by atoms with Gasteiger partial charge < -0.3 is 4.90 Å². The number of amides is 1. The predicted octanol–water partition coefficient (Wildman–Crippen LogP) is 2.72. The molecule has 1 aromatic heterocycles. The van der Waals surface area contributed by atoms with Gasteiger partial charge in [-0.05, 0) is 31.3 Å². The fourth-order valence-electron chi connectivity index (χ4n) is 1.83. The van der Waals surface area contributed by atoms with E-state index in [1.54, 1.807) is 0 Å². The molecule has 0 fully saturated rings. The maximum absolute atomic E-state index is 12.4. The number of alkyl halides is 1. The average molecular weight is 276 g/mol. The molecule has 0 unspecified atom stereocenters. The highest BCUT2D eigenvalue weighted by Crippen LogP contribution is 2.17. The first-order chi connectivity index (χ1) is 8.15. The lowest BCUT2D eigenvalue weighted by atomic mass is 10.1. The van der Waals surface area contributed by atoms with Crippen LogP contribution >= 0.6 is 23.1 Å². The van der Waals surface area contributed by atoms with Crippen LogP contribution in [0.3, 0.4) is 0 Å². The molecule has 0 aliphatic heterocycles. The van der Waals surface area contributed by atoms with Crippen molar-refractivity contribution in [2.75, 3.05) is 12.4 Å². The first-order valence-electron chi connectivity index (χ1n) is 5.81. The minimum atomic E-state index is 0.00634. The first-order valence-corrected chi connectivity index (χ1v) is 7.12. The van der Waals surface area contributed by atoms with Gasteiger partial charge in [0, 0.05) is 18.5 Å². The molecular formula is C11H18ClN3OS. The minimum Gasteiger partial charge on any atom is -0.334 e. The second-order valence-corrected chi connectivity index (χ2v) is 4.98. The summed E-state index contributed by atoms with van der Waals surface area (Å²) in [5, 5.41) is 3.88. The highest BCUT2D eigenvalue weighted by atomic mass is 35.5. The van der Waals surface area contributed by atoms with E-state index in [-0.39, 0.29) is 11.9 Å².